The fourth-order valence-corrected chi connectivity index (χ4v) is 1.72. The summed E-state index contributed by atoms with van der Waals surface area (Å²) in [6.07, 6.45) is 4.57. The summed E-state index contributed by atoms with van der Waals surface area (Å²) in [6, 6.07) is 7.30. The number of hydrogen-bond donors (Lipinski definition) is 1. The highest BCUT2D eigenvalue weighted by Gasteiger charge is 2.21. The predicted molar refractivity (Wildman–Crippen MR) is 67.7 cm³/mol. The Morgan fingerprint density at radius 1 is 1.33 bits per heavy atom. The lowest BCUT2D eigenvalue weighted by molar-refractivity contribution is -0.137. The van der Waals surface area contributed by atoms with E-state index in [9.17, 15) is 9.59 Å². The van der Waals surface area contributed by atoms with Crippen LogP contribution in [0.4, 0.5) is 0 Å². The molecule has 0 unspecified atom stereocenters. The summed E-state index contributed by atoms with van der Waals surface area (Å²) in [6.45, 7) is 2.09. The van der Waals surface area contributed by atoms with Crippen molar-refractivity contribution < 1.29 is 14.3 Å². The Bertz CT molecular complexity index is 544. The van der Waals surface area contributed by atoms with Crippen LogP contribution in [0.25, 0.3) is 5.70 Å². The topological polar surface area (TPSA) is 55.4 Å². The van der Waals surface area contributed by atoms with Gasteiger partial charge in [0.05, 0.1) is 6.61 Å². The molecule has 1 aliphatic heterocycles. The summed E-state index contributed by atoms with van der Waals surface area (Å²) >= 11 is 0. The second-order valence-corrected chi connectivity index (χ2v) is 3.69. The highest BCUT2D eigenvalue weighted by molar-refractivity contribution is 6.09. The Morgan fingerprint density at radius 3 is 2.78 bits per heavy atom. The minimum atomic E-state index is -0.396. The summed E-state index contributed by atoms with van der Waals surface area (Å²) in [4.78, 5) is 22.7. The van der Waals surface area contributed by atoms with Crippen molar-refractivity contribution in [3.05, 3.63) is 53.6 Å². The van der Waals surface area contributed by atoms with Crippen LogP contribution in [0.15, 0.2) is 42.5 Å². The Labute approximate surface area is 105 Å². The first-order valence-corrected chi connectivity index (χ1v) is 5.68. The average molecular weight is 243 g/mol. The third-order valence-electron chi connectivity index (χ3n) is 2.49. The van der Waals surface area contributed by atoms with Crippen molar-refractivity contribution in [1.29, 1.82) is 0 Å². The van der Waals surface area contributed by atoms with E-state index in [1.807, 2.05) is 18.2 Å². The van der Waals surface area contributed by atoms with E-state index in [0.29, 0.717) is 17.9 Å². The second kappa shape index (κ2) is 5.31. The highest BCUT2D eigenvalue weighted by atomic mass is 16.5. The van der Waals surface area contributed by atoms with E-state index in [1.165, 1.54) is 6.08 Å². The number of rotatable bonds is 3. The van der Waals surface area contributed by atoms with Crippen LogP contribution in [0.1, 0.15) is 22.8 Å². The normalized spacial score (nSPS) is 15.8. The molecule has 0 fully saturated rings. The molecular formula is C14H13NO3. The van der Waals surface area contributed by atoms with Crippen molar-refractivity contribution in [3.8, 4) is 0 Å². The lowest BCUT2D eigenvalue weighted by Crippen LogP contribution is -2.11. The minimum absolute atomic E-state index is 0.124. The van der Waals surface area contributed by atoms with Crippen LogP contribution in [0.5, 0.6) is 0 Å². The molecule has 18 heavy (non-hydrogen) atoms. The van der Waals surface area contributed by atoms with Crippen LogP contribution in [0, 0.1) is 0 Å². The Hall–Kier alpha value is -2.36. The quantitative estimate of drug-likeness (QED) is 0.651. The number of carbonyl (C=O) groups is 2. The number of amides is 1. The molecule has 2 rings (SSSR count). The van der Waals surface area contributed by atoms with E-state index in [0.717, 1.165) is 5.56 Å². The van der Waals surface area contributed by atoms with Crippen molar-refractivity contribution in [2.45, 2.75) is 6.92 Å². The third-order valence-corrected chi connectivity index (χ3v) is 2.49. The summed E-state index contributed by atoms with van der Waals surface area (Å²) < 4.78 is 4.75. The van der Waals surface area contributed by atoms with Gasteiger partial charge in [0.1, 0.15) is 0 Å². The molecule has 0 spiro atoms. The van der Waals surface area contributed by atoms with Crippen LogP contribution < -0.4 is 5.32 Å². The van der Waals surface area contributed by atoms with Crippen LogP contribution in [-0.2, 0) is 9.53 Å². The number of allylic oxidation sites excluding steroid dienone is 2. The molecule has 1 aromatic rings. The summed E-state index contributed by atoms with van der Waals surface area (Å²) in [5.41, 5.74) is 2.18. The first-order chi connectivity index (χ1) is 8.72. The number of ether oxygens (including phenoxy) is 1. The molecule has 1 N–H and O–H groups in total. The lowest BCUT2D eigenvalue weighted by atomic mass is 10.1. The SMILES string of the molecule is CCOC(=O)/C=C/C=C1\NC(=O)c2ccccc21. The fourth-order valence-electron chi connectivity index (χ4n) is 1.72. The Kier molecular flexibility index (Phi) is 3.57. The van der Waals surface area contributed by atoms with Crippen LogP contribution in [-0.4, -0.2) is 18.5 Å². The van der Waals surface area contributed by atoms with Gasteiger partial charge in [-0.3, -0.25) is 4.79 Å². The molecule has 1 heterocycles. The number of esters is 1. The zero-order valence-electron chi connectivity index (χ0n) is 9.97. The first-order valence-electron chi connectivity index (χ1n) is 5.68. The molecule has 0 saturated heterocycles. The monoisotopic (exact) mass is 243 g/mol. The van der Waals surface area contributed by atoms with Crippen molar-refractivity contribution >= 4 is 17.6 Å². The van der Waals surface area contributed by atoms with E-state index >= 15 is 0 Å². The van der Waals surface area contributed by atoms with Gasteiger partial charge in [-0.2, -0.15) is 0 Å². The molecule has 0 aliphatic carbocycles. The second-order valence-electron chi connectivity index (χ2n) is 3.69. The summed E-state index contributed by atoms with van der Waals surface area (Å²) in [7, 11) is 0. The Balaban J connectivity index is 2.17. The summed E-state index contributed by atoms with van der Waals surface area (Å²) in [5.74, 6) is -0.520. The molecule has 4 nitrogen and oxygen atoms in total. The zero-order valence-corrected chi connectivity index (χ0v) is 9.97. The number of nitrogens with one attached hydrogen (secondary N) is 1. The smallest absolute Gasteiger partial charge is 0.330 e. The predicted octanol–water partition coefficient (Wildman–Crippen LogP) is 1.89. The zero-order chi connectivity index (χ0) is 13.0. The standard InChI is InChI=1S/C14H13NO3/c1-2-18-13(16)9-5-8-12-10-6-3-4-7-11(10)14(17)15-12/h3-9H,2H2,1H3,(H,15,17)/b9-5+,12-8-. The number of benzene rings is 1. The molecule has 0 aromatic heterocycles. The largest absolute Gasteiger partial charge is 0.463 e. The molecule has 0 atom stereocenters. The maximum absolute atomic E-state index is 11.6. The van der Waals surface area contributed by atoms with Crippen LogP contribution in [0.3, 0.4) is 0 Å². The van der Waals surface area contributed by atoms with Gasteiger partial charge in [-0.05, 0) is 19.1 Å². The molecule has 0 bridgehead atoms. The molecule has 4 heteroatoms. The highest BCUT2D eigenvalue weighted by Crippen LogP contribution is 2.23. The van der Waals surface area contributed by atoms with Gasteiger partial charge >= 0.3 is 5.97 Å². The van der Waals surface area contributed by atoms with E-state index in [2.05, 4.69) is 5.32 Å². The fraction of sp³-hybridized carbons (Fsp3) is 0.143. The van der Waals surface area contributed by atoms with Gasteiger partial charge < -0.3 is 10.1 Å². The number of carbonyl (C=O) groups excluding carboxylic acids is 2. The van der Waals surface area contributed by atoms with E-state index in [-0.39, 0.29) is 5.91 Å². The van der Waals surface area contributed by atoms with Gasteiger partial charge in [0, 0.05) is 22.9 Å². The van der Waals surface area contributed by atoms with Crippen molar-refractivity contribution in [2.75, 3.05) is 6.61 Å². The number of fused-ring (bicyclic) bond motifs is 1. The van der Waals surface area contributed by atoms with Crippen LogP contribution in [0.2, 0.25) is 0 Å². The molecule has 0 saturated carbocycles. The van der Waals surface area contributed by atoms with Crippen molar-refractivity contribution in [3.63, 3.8) is 0 Å². The third kappa shape index (κ3) is 2.48. The van der Waals surface area contributed by atoms with Gasteiger partial charge in [-0.1, -0.05) is 24.3 Å². The maximum Gasteiger partial charge on any atom is 0.330 e. The average Bonchev–Trinajstić information content (AvgIpc) is 2.68. The van der Waals surface area contributed by atoms with Gasteiger partial charge in [-0.15, -0.1) is 0 Å². The van der Waals surface area contributed by atoms with E-state index < -0.39 is 5.97 Å². The number of hydrogen-bond acceptors (Lipinski definition) is 3. The molecule has 0 radical (unpaired) electrons. The molecular weight excluding hydrogens is 230 g/mol. The van der Waals surface area contributed by atoms with E-state index in [1.54, 1.807) is 25.1 Å². The summed E-state index contributed by atoms with van der Waals surface area (Å²) in [5, 5.41) is 2.74. The molecule has 1 amide bonds. The first kappa shape index (κ1) is 12.1. The molecule has 1 aromatic carbocycles. The van der Waals surface area contributed by atoms with Crippen molar-refractivity contribution in [1.82, 2.24) is 5.32 Å². The Morgan fingerprint density at radius 2 is 2.06 bits per heavy atom. The van der Waals surface area contributed by atoms with Gasteiger partial charge in [0.25, 0.3) is 5.91 Å². The molecule has 92 valence electrons. The van der Waals surface area contributed by atoms with E-state index in [4.69, 9.17) is 4.74 Å². The maximum atomic E-state index is 11.6. The van der Waals surface area contributed by atoms with Gasteiger partial charge in [0.2, 0.25) is 0 Å². The lowest BCUT2D eigenvalue weighted by Gasteiger charge is -1.97. The van der Waals surface area contributed by atoms with Crippen LogP contribution >= 0.6 is 0 Å². The molecule has 1 aliphatic rings. The minimum Gasteiger partial charge on any atom is -0.463 e. The van der Waals surface area contributed by atoms with Gasteiger partial charge in [0.15, 0.2) is 0 Å². The van der Waals surface area contributed by atoms with Gasteiger partial charge in [-0.25, -0.2) is 4.79 Å². The van der Waals surface area contributed by atoms with Crippen molar-refractivity contribution in [2.24, 2.45) is 0 Å².